The molecule has 2 heteroatoms. The zero-order chi connectivity index (χ0) is 8.60. The molecular formula is C10H19NO. The third-order valence-corrected chi connectivity index (χ3v) is 3.12. The summed E-state index contributed by atoms with van der Waals surface area (Å²) in [4.78, 5) is 2.38. The van der Waals surface area contributed by atoms with Crippen LogP contribution in [0.3, 0.4) is 0 Å². The van der Waals surface area contributed by atoms with Crippen LogP contribution in [0.15, 0.2) is 0 Å². The Morgan fingerprint density at radius 3 is 2.42 bits per heavy atom. The fourth-order valence-corrected chi connectivity index (χ4v) is 2.60. The molecule has 1 aliphatic heterocycles. The van der Waals surface area contributed by atoms with E-state index in [0.717, 1.165) is 19.0 Å². The fourth-order valence-electron chi connectivity index (χ4n) is 2.60. The minimum absolute atomic E-state index is 0.376. The lowest BCUT2D eigenvalue weighted by atomic mass is 9.95. The van der Waals surface area contributed by atoms with Crippen LogP contribution in [-0.2, 0) is 0 Å². The minimum Gasteiger partial charge on any atom is -0.388 e. The van der Waals surface area contributed by atoms with Gasteiger partial charge >= 0.3 is 0 Å². The Hall–Kier alpha value is -0.0800. The summed E-state index contributed by atoms with van der Waals surface area (Å²) in [5.41, 5.74) is -0.376. The zero-order valence-corrected chi connectivity index (χ0v) is 7.92. The molecule has 70 valence electrons. The van der Waals surface area contributed by atoms with Gasteiger partial charge in [-0.15, -0.1) is 0 Å². The quantitative estimate of drug-likeness (QED) is 0.672. The molecule has 2 aliphatic rings. The maximum absolute atomic E-state index is 9.52. The molecule has 0 aromatic heterocycles. The van der Waals surface area contributed by atoms with Gasteiger partial charge in [-0.2, -0.15) is 0 Å². The molecule has 2 rings (SSSR count). The third-order valence-electron chi connectivity index (χ3n) is 3.12. The maximum atomic E-state index is 9.52. The van der Waals surface area contributed by atoms with Crippen LogP contribution in [0.4, 0.5) is 0 Å². The lowest BCUT2D eigenvalue weighted by Crippen LogP contribution is -2.60. The van der Waals surface area contributed by atoms with E-state index in [2.05, 4.69) is 4.90 Å². The van der Waals surface area contributed by atoms with Crippen LogP contribution in [-0.4, -0.2) is 35.2 Å². The van der Waals surface area contributed by atoms with Gasteiger partial charge in [0, 0.05) is 19.6 Å². The summed E-state index contributed by atoms with van der Waals surface area (Å²) in [6, 6.07) is 0. The van der Waals surface area contributed by atoms with Gasteiger partial charge in [-0.3, -0.25) is 4.90 Å². The number of nitrogens with zero attached hydrogens (tertiary/aromatic N) is 1. The van der Waals surface area contributed by atoms with E-state index in [9.17, 15) is 5.11 Å². The molecule has 0 spiro atoms. The molecule has 1 heterocycles. The van der Waals surface area contributed by atoms with E-state index < -0.39 is 0 Å². The van der Waals surface area contributed by atoms with E-state index in [1.54, 1.807) is 0 Å². The number of rotatable bonds is 2. The Morgan fingerprint density at radius 2 is 1.92 bits per heavy atom. The van der Waals surface area contributed by atoms with E-state index in [0.29, 0.717) is 0 Å². The highest BCUT2D eigenvalue weighted by atomic mass is 16.3. The molecule has 1 aliphatic carbocycles. The Balaban J connectivity index is 1.69. The predicted molar refractivity (Wildman–Crippen MR) is 49.0 cm³/mol. The molecular weight excluding hydrogens is 150 g/mol. The van der Waals surface area contributed by atoms with Gasteiger partial charge in [0.2, 0.25) is 0 Å². The van der Waals surface area contributed by atoms with E-state index in [1.807, 2.05) is 6.92 Å². The first-order valence-corrected chi connectivity index (χ1v) is 5.10. The number of β-amino-alcohol motifs (C(OH)–C–C–N with tert-alkyl or cyclic N) is 1. The lowest BCUT2D eigenvalue weighted by Gasteiger charge is -2.45. The summed E-state index contributed by atoms with van der Waals surface area (Å²) < 4.78 is 0. The summed E-state index contributed by atoms with van der Waals surface area (Å²) >= 11 is 0. The van der Waals surface area contributed by atoms with E-state index in [-0.39, 0.29) is 5.60 Å². The van der Waals surface area contributed by atoms with Crippen LogP contribution in [0, 0.1) is 5.92 Å². The van der Waals surface area contributed by atoms with Crippen molar-refractivity contribution in [1.82, 2.24) is 4.90 Å². The topological polar surface area (TPSA) is 23.5 Å². The molecule has 2 fully saturated rings. The van der Waals surface area contributed by atoms with Gasteiger partial charge in [-0.25, -0.2) is 0 Å². The summed E-state index contributed by atoms with van der Waals surface area (Å²) in [5, 5.41) is 9.52. The second-order valence-corrected chi connectivity index (χ2v) is 4.82. The number of aliphatic hydroxyl groups is 1. The van der Waals surface area contributed by atoms with Crippen LogP contribution in [0.2, 0.25) is 0 Å². The van der Waals surface area contributed by atoms with Crippen molar-refractivity contribution in [2.24, 2.45) is 5.92 Å². The molecule has 0 unspecified atom stereocenters. The Bertz CT molecular complexity index is 153. The van der Waals surface area contributed by atoms with Gasteiger partial charge < -0.3 is 5.11 Å². The largest absolute Gasteiger partial charge is 0.388 e. The van der Waals surface area contributed by atoms with Crippen molar-refractivity contribution in [3.05, 3.63) is 0 Å². The van der Waals surface area contributed by atoms with Crippen molar-refractivity contribution in [3.8, 4) is 0 Å². The molecule has 0 atom stereocenters. The van der Waals surface area contributed by atoms with Gasteiger partial charge in [0.15, 0.2) is 0 Å². The van der Waals surface area contributed by atoms with Gasteiger partial charge in [0.1, 0.15) is 0 Å². The molecule has 12 heavy (non-hydrogen) atoms. The monoisotopic (exact) mass is 169 g/mol. The average Bonchev–Trinajstić information content (AvgIpc) is 2.35. The van der Waals surface area contributed by atoms with E-state index in [4.69, 9.17) is 0 Å². The average molecular weight is 169 g/mol. The Morgan fingerprint density at radius 1 is 1.33 bits per heavy atom. The molecule has 0 aromatic rings. The fraction of sp³-hybridized carbons (Fsp3) is 1.00. The molecule has 1 N–H and O–H groups in total. The molecule has 1 saturated carbocycles. The van der Waals surface area contributed by atoms with Crippen molar-refractivity contribution in [2.45, 2.75) is 38.2 Å². The van der Waals surface area contributed by atoms with Crippen molar-refractivity contribution in [1.29, 1.82) is 0 Å². The highest BCUT2D eigenvalue weighted by molar-refractivity contribution is 4.92. The number of hydrogen-bond acceptors (Lipinski definition) is 2. The summed E-state index contributed by atoms with van der Waals surface area (Å²) in [5.74, 6) is 0.932. The smallest absolute Gasteiger partial charge is 0.0872 e. The predicted octanol–water partition coefficient (Wildman–Crippen LogP) is 1.24. The van der Waals surface area contributed by atoms with Gasteiger partial charge in [0.25, 0.3) is 0 Å². The van der Waals surface area contributed by atoms with Crippen molar-refractivity contribution < 1.29 is 5.11 Å². The molecule has 0 radical (unpaired) electrons. The van der Waals surface area contributed by atoms with Crippen LogP contribution >= 0.6 is 0 Å². The van der Waals surface area contributed by atoms with E-state index >= 15 is 0 Å². The van der Waals surface area contributed by atoms with Crippen molar-refractivity contribution in [3.63, 3.8) is 0 Å². The second-order valence-electron chi connectivity index (χ2n) is 4.82. The second kappa shape index (κ2) is 3.00. The van der Waals surface area contributed by atoms with Crippen LogP contribution in [0.25, 0.3) is 0 Å². The van der Waals surface area contributed by atoms with Crippen LogP contribution in [0.1, 0.15) is 32.6 Å². The van der Waals surface area contributed by atoms with Crippen LogP contribution in [0.5, 0.6) is 0 Å². The zero-order valence-electron chi connectivity index (χ0n) is 7.92. The SMILES string of the molecule is CC1(O)CN(CC2CCCC2)C1. The maximum Gasteiger partial charge on any atom is 0.0872 e. The first kappa shape index (κ1) is 8.52. The van der Waals surface area contributed by atoms with Gasteiger partial charge in [-0.05, 0) is 25.7 Å². The summed E-state index contributed by atoms with van der Waals surface area (Å²) in [6.45, 7) is 4.95. The van der Waals surface area contributed by atoms with Crippen molar-refractivity contribution >= 4 is 0 Å². The number of hydrogen-bond donors (Lipinski definition) is 1. The standard InChI is InChI=1S/C10H19NO/c1-10(12)7-11(8-10)6-9-4-2-3-5-9/h9,12H,2-8H2,1H3. The highest BCUT2D eigenvalue weighted by Crippen LogP contribution is 2.28. The first-order chi connectivity index (χ1) is 5.66. The van der Waals surface area contributed by atoms with Gasteiger partial charge in [0.05, 0.1) is 5.60 Å². The molecule has 0 bridgehead atoms. The molecule has 0 amide bonds. The van der Waals surface area contributed by atoms with E-state index in [1.165, 1.54) is 32.2 Å². The molecule has 2 nitrogen and oxygen atoms in total. The first-order valence-electron chi connectivity index (χ1n) is 5.10. The normalized spacial score (nSPS) is 30.5. The minimum atomic E-state index is -0.376. The number of likely N-dealkylation sites (tertiary alicyclic amines) is 1. The Labute approximate surface area is 74.6 Å². The summed E-state index contributed by atoms with van der Waals surface area (Å²) in [6.07, 6.45) is 5.68. The Kier molecular flexibility index (Phi) is 2.13. The third kappa shape index (κ3) is 1.80. The van der Waals surface area contributed by atoms with Gasteiger partial charge in [-0.1, -0.05) is 12.8 Å². The van der Waals surface area contributed by atoms with Crippen LogP contribution < -0.4 is 0 Å². The van der Waals surface area contributed by atoms with Crippen molar-refractivity contribution in [2.75, 3.05) is 19.6 Å². The lowest BCUT2D eigenvalue weighted by molar-refractivity contribution is -0.0880. The highest BCUT2D eigenvalue weighted by Gasteiger charge is 2.37. The molecule has 1 saturated heterocycles. The molecule has 0 aromatic carbocycles. The summed E-state index contributed by atoms with van der Waals surface area (Å²) in [7, 11) is 0.